The molecule has 8 nitrogen and oxygen atoms in total. The summed E-state index contributed by atoms with van der Waals surface area (Å²) in [5.74, 6) is 1.10. The number of ether oxygens (including phenoxy) is 1. The van der Waals surface area contributed by atoms with Crippen LogP contribution in [-0.2, 0) is 11.2 Å². The van der Waals surface area contributed by atoms with Crippen LogP contribution in [0.25, 0.3) is 10.9 Å². The Morgan fingerprint density at radius 2 is 1.95 bits per heavy atom. The Balaban J connectivity index is 1.11. The fourth-order valence-corrected chi connectivity index (χ4v) is 6.12. The number of nitriles is 1. The number of aromatic nitrogens is 2. The number of pyridine rings is 2. The fraction of sp³-hybridized carbons (Fsp3) is 0.483. The summed E-state index contributed by atoms with van der Waals surface area (Å²) in [5.41, 5.74) is 5.31. The minimum atomic E-state index is 0.131. The molecule has 0 aliphatic carbocycles. The number of hydrogen-bond donors (Lipinski definition) is 1. The van der Waals surface area contributed by atoms with E-state index in [1.807, 2.05) is 12.1 Å². The van der Waals surface area contributed by atoms with Crippen LogP contribution in [0.15, 0.2) is 42.7 Å². The van der Waals surface area contributed by atoms with Crippen molar-refractivity contribution >= 4 is 22.4 Å². The minimum absolute atomic E-state index is 0.131. The molecule has 5 heterocycles. The van der Waals surface area contributed by atoms with Gasteiger partial charge in [-0.2, -0.15) is 5.26 Å². The molecule has 3 aromatic rings. The molecule has 0 amide bonds. The van der Waals surface area contributed by atoms with E-state index in [-0.39, 0.29) is 12.2 Å². The van der Waals surface area contributed by atoms with Crippen molar-refractivity contribution in [1.29, 1.82) is 5.26 Å². The zero-order chi connectivity index (χ0) is 25.4. The molecule has 1 aromatic carbocycles. The Labute approximate surface area is 218 Å². The van der Waals surface area contributed by atoms with Gasteiger partial charge < -0.3 is 19.9 Å². The summed E-state index contributed by atoms with van der Waals surface area (Å²) in [6.45, 7) is 12.0. The third-order valence-corrected chi connectivity index (χ3v) is 8.01. The molecule has 2 aromatic heterocycles. The molecule has 2 unspecified atom stereocenters. The maximum atomic E-state index is 9.52. The third-order valence-electron chi connectivity index (χ3n) is 8.01. The summed E-state index contributed by atoms with van der Waals surface area (Å²) in [6.07, 6.45) is 5.17. The highest BCUT2D eigenvalue weighted by molar-refractivity contribution is 5.95. The molecule has 8 heteroatoms. The number of nitrogens with zero attached hydrogens (tertiary/aromatic N) is 6. The number of anilines is 2. The zero-order valence-corrected chi connectivity index (χ0v) is 21.7. The average Bonchev–Trinajstić information content (AvgIpc) is 2.92. The molecule has 192 valence electrons. The minimum Gasteiger partial charge on any atom is -0.370 e. The van der Waals surface area contributed by atoms with E-state index in [9.17, 15) is 5.26 Å². The summed E-state index contributed by atoms with van der Waals surface area (Å²) in [5, 5.41) is 14.1. The molecular formula is C29H35N7O. The van der Waals surface area contributed by atoms with Crippen molar-refractivity contribution in [2.75, 3.05) is 62.2 Å². The Hall–Kier alpha value is -3.25. The molecule has 0 spiro atoms. The van der Waals surface area contributed by atoms with E-state index < -0.39 is 0 Å². The molecule has 6 rings (SSSR count). The first kappa shape index (κ1) is 24.1. The topological polar surface area (TPSA) is 80.6 Å². The van der Waals surface area contributed by atoms with Crippen molar-refractivity contribution in [1.82, 2.24) is 20.2 Å². The van der Waals surface area contributed by atoms with E-state index in [1.165, 1.54) is 11.1 Å². The van der Waals surface area contributed by atoms with Crippen LogP contribution in [0.4, 0.5) is 11.5 Å². The molecular weight excluding hydrogens is 462 g/mol. The van der Waals surface area contributed by atoms with Crippen LogP contribution >= 0.6 is 0 Å². The van der Waals surface area contributed by atoms with Gasteiger partial charge in [-0.25, -0.2) is 4.98 Å². The lowest BCUT2D eigenvalue weighted by Gasteiger charge is -2.42. The molecule has 2 fully saturated rings. The zero-order valence-electron chi connectivity index (χ0n) is 21.7. The van der Waals surface area contributed by atoms with Crippen LogP contribution in [0.1, 0.15) is 36.6 Å². The normalized spacial score (nSPS) is 24.6. The van der Waals surface area contributed by atoms with Crippen molar-refractivity contribution in [2.45, 2.75) is 38.5 Å². The maximum absolute atomic E-state index is 9.52. The van der Waals surface area contributed by atoms with Gasteiger partial charge in [-0.3, -0.25) is 9.88 Å². The fourth-order valence-electron chi connectivity index (χ4n) is 6.12. The van der Waals surface area contributed by atoms with Gasteiger partial charge in [0.05, 0.1) is 23.3 Å². The first-order chi connectivity index (χ1) is 18.1. The summed E-state index contributed by atoms with van der Waals surface area (Å²) >= 11 is 0. The van der Waals surface area contributed by atoms with Crippen molar-refractivity contribution < 1.29 is 4.74 Å². The first-order valence-corrected chi connectivity index (χ1v) is 13.5. The van der Waals surface area contributed by atoms with Crippen LogP contribution < -0.4 is 15.1 Å². The summed E-state index contributed by atoms with van der Waals surface area (Å²) < 4.78 is 6.40. The quantitative estimate of drug-likeness (QED) is 0.589. The number of fused-ring (bicyclic) bond motifs is 2. The summed E-state index contributed by atoms with van der Waals surface area (Å²) in [4.78, 5) is 16.7. The monoisotopic (exact) mass is 497 g/mol. The van der Waals surface area contributed by atoms with Gasteiger partial charge in [0.15, 0.2) is 0 Å². The van der Waals surface area contributed by atoms with Gasteiger partial charge in [0.25, 0.3) is 0 Å². The van der Waals surface area contributed by atoms with E-state index in [0.29, 0.717) is 11.6 Å². The Kier molecular flexibility index (Phi) is 6.68. The molecule has 3 atom stereocenters. The average molecular weight is 498 g/mol. The number of piperazine rings is 1. The molecule has 0 saturated carbocycles. The molecule has 2 saturated heterocycles. The molecule has 0 radical (unpaired) electrons. The Morgan fingerprint density at radius 3 is 2.78 bits per heavy atom. The van der Waals surface area contributed by atoms with Crippen molar-refractivity contribution in [2.24, 2.45) is 0 Å². The van der Waals surface area contributed by atoms with Gasteiger partial charge in [0.2, 0.25) is 0 Å². The standard InChI is InChI=1S/C29H35N7O/c1-20-17-36(27-6-5-22(15-30)29-25(27)4-3-8-32-29)19-24(37-20)18-34-10-12-35(13-11-34)28-14-26-21(2)31-9-7-23(26)16-33-28/h3-6,8,14,16,20-21,24,31H,7,9-13,17-19H2,1-2H3/t20?,21-,24?/m0/s1. The second-order valence-corrected chi connectivity index (χ2v) is 10.6. The van der Waals surface area contributed by atoms with Crippen LogP contribution in [0.2, 0.25) is 0 Å². The maximum Gasteiger partial charge on any atom is 0.128 e. The van der Waals surface area contributed by atoms with Crippen LogP contribution in [-0.4, -0.2) is 79.4 Å². The summed E-state index contributed by atoms with van der Waals surface area (Å²) in [6, 6.07) is 12.9. The predicted molar refractivity (Wildman–Crippen MR) is 146 cm³/mol. The Morgan fingerprint density at radius 1 is 1.08 bits per heavy atom. The molecule has 1 N–H and O–H groups in total. The summed E-state index contributed by atoms with van der Waals surface area (Å²) in [7, 11) is 0. The predicted octanol–water partition coefficient (Wildman–Crippen LogP) is 3.12. The number of hydrogen-bond acceptors (Lipinski definition) is 8. The van der Waals surface area contributed by atoms with Gasteiger partial charge in [-0.15, -0.1) is 0 Å². The lowest BCUT2D eigenvalue weighted by atomic mass is 9.97. The van der Waals surface area contributed by atoms with Gasteiger partial charge in [-0.1, -0.05) is 0 Å². The van der Waals surface area contributed by atoms with Gasteiger partial charge in [0, 0.05) is 75.3 Å². The van der Waals surface area contributed by atoms with Crippen LogP contribution in [0.5, 0.6) is 0 Å². The lowest BCUT2D eigenvalue weighted by Crippen LogP contribution is -2.54. The number of rotatable bonds is 4. The third kappa shape index (κ3) is 4.87. The number of benzene rings is 1. The van der Waals surface area contributed by atoms with E-state index in [2.05, 4.69) is 69.3 Å². The van der Waals surface area contributed by atoms with Crippen LogP contribution in [0, 0.1) is 11.3 Å². The highest BCUT2D eigenvalue weighted by Gasteiger charge is 2.30. The van der Waals surface area contributed by atoms with E-state index >= 15 is 0 Å². The van der Waals surface area contributed by atoms with Crippen molar-refractivity contribution in [3.63, 3.8) is 0 Å². The highest BCUT2D eigenvalue weighted by atomic mass is 16.5. The lowest BCUT2D eigenvalue weighted by molar-refractivity contribution is -0.0327. The molecule has 3 aliphatic rings. The first-order valence-electron chi connectivity index (χ1n) is 13.5. The highest BCUT2D eigenvalue weighted by Crippen LogP contribution is 2.31. The largest absolute Gasteiger partial charge is 0.370 e. The van der Waals surface area contributed by atoms with Crippen molar-refractivity contribution in [3.8, 4) is 6.07 Å². The second-order valence-electron chi connectivity index (χ2n) is 10.6. The van der Waals surface area contributed by atoms with E-state index in [4.69, 9.17) is 9.72 Å². The van der Waals surface area contributed by atoms with E-state index in [1.54, 1.807) is 6.20 Å². The number of morpholine rings is 1. The van der Waals surface area contributed by atoms with Gasteiger partial charge in [0.1, 0.15) is 11.9 Å². The van der Waals surface area contributed by atoms with E-state index in [0.717, 1.165) is 81.2 Å². The number of nitrogens with one attached hydrogen (secondary N) is 1. The second kappa shape index (κ2) is 10.3. The van der Waals surface area contributed by atoms with Gasteiger partial charge >= 0.3 is 0 Å². The Bertz CT molecular complexity index is 1310. The smallest absolute Gasteiger partial charge is 0.128 e. The molecule has 0 bridgehead atoms. The molecule has 3 aliphatic heterocycles. The van der Waals surface area contributed by atoms with Crippen LogP contribution in [0.3, 0.4) is 0 Å². The molecule has 37 heavy (non-hydrogen) atoms. The van der Waals surface area contributed by atoms with Crippen molar-refractivity contribution in [3.05, 3.63) is 59.4 Å². The SMILES string of the molecule is CC1CN(c2ccc(C#N)c3ncccc23)CC(CN2CCN(c3cc4c(cn3)CCN[C@H]4C)CC2)O1. The van der Waals surface area contributed by atoms with Gasteiger partial charge in [-0.05, 0) is 68.3 Å².